The molecule has 4 heterocycles. The van der Waals surface area contributed by atoms with Gasteiger partial charge in [0, 0.05) is 58.0 Å². The Bertz CT molecular complexity index is 546. The lowest BCUT2D eigenvalue weighted by atomic mass is 9.71. The van der Waals surface area contributed by atoms with E-state index in [2.05, 4.69) is 15.5 Å². The van der Waals surface area contributed by atoms with E-state index in [-0.39, 0.29) is 17.6 Å². The van der Waals surface area contributed by atoms with Gasteiger partial charge in [-0.2, -0.15) is 0 Å². The second-order valence-electron chi connectivity index (χ2n) is 8.29. The molecule has 8 heteroatoms. The van der Waals surface area contributed by atoms with Crippen molar-refractivity contribution < 1.29 is 19.1 Å². The van der Waals surface area contributed by atoms with Crippen LogP contribution in [0.1, 0.15) is 25.7 Å². The maximum Gasteiger partial charge on any atom is 0.407 e. The molecule has 152 valence electrons. The minimum Gasteiger partial charge on any atom is -0.441 e. The lowest BCUT2D eigenvalue weighted by Crippen LogP contribution is -2.56. The third kappa shape index (κ3) is 4.22. The molecule has 4 fully saturated rings. The van der Waals surface area contributed by atoms with Gasteiger partial charge in [-0.25, -0.2) is 4.79 Å². The predicted octanol–water partition coefficient (Wildman–Crippen LogP) is 0.0354. The fourth-order valence-electron chi connectivity index (χ4n) is 5.14. The van der Waals surface area contributed by atoms with Gasteiger partial charge in [0.25, 0.3) is 0 Å². The van der Waals surface area contributed by atoms with E-state index < -0.39 is 0 Å². The maximum absolute atomic E-state index is 12.6. The maximum atomic E-state index is 12.6. The number of piperidine rings is 2. The molecule has 0 saturated carbocycles. The third-order valence-corrected chi connectivity index (χ3v) is 6.80. The average molecular weight is 380 g/mol. The molecule has 2 unspecified atom stereocenters. The van der Waals surface area contributed by atoms with Crippen LogP contribution in [0.5, 0.6) is 0 Å². The van der Waals surface area contributed by atoms with Crippen LogP contribution in [0.3, 0.4) is 0 Å². The first-order valence-corrected chi connectivity index (χ1v) is 10.4. The number of rotatable bonds is 4. The molecule has 0 aliphatic carbocycles. The van der Waals surface area contributed by atoms with E-state index in [1.807, 2.05) is 4.90 Å². The number of carbonyl (C=O) groups is 2. The lowest BCUT2D eigenvalue weighted by Gasteiger charge is -2.46. The van der Waals surface area contributed by atoms with Crippen molar-refractivity contribution in [1.29, 1.82) is 0 Å². The van der Waals surface area contributed by atoms with E-state index in [0.717, 1.165) is 78.3 Å². The number of morpholine rings is 1. The number of ether oxygens (including phenoxy) is 2. The van der Waals surface area contributed by atoms with Gasteiger partial charge in [0.15, 0.2) is 0 Å². The van der Waals surface area contributed by atoms with Gasteiger partial charge in [-0.15, -0.1) is 0 Å². The Kier molecular flexibility index (Phi) is 5.85. The summed E-state index contributed by atoms with van der Waals surface area (Å²) in [6.07, 6.45) is 3.18. The first-order chi connectivity index (χ1) is 13.2. The Labute approximate surface area is 160 Å². The quantitative estimate of drug-likeness (QED) is 0.716. The van der Waals surface area contributed by atoms with Crippen LogP contribution in [0.2, 0.25) is 0 Å². The zero-order valence-corrected chi connectivity index (χ0v) is 16.1. The smallest absolute Gasteiger partial charge is 0.407 e. The van der Waals surface area contributed by atoms with Crippen LogP contribution in [-0.4, -0.2) is 93.0 Å². The molecule has 0 aromatic carbocycles. The van der Waals surface area contributed by atoms with Crippen molar-refractivity contribution in [2.24, 2.45) is 11.8 Å². The van der Waals surface area contributed by atoms with Gasteiger partial charge in [0.05, 0.1) is 19.8 Å². The highest BCUT2D eigenvalue weighted by molar-refractivity contribution is 5.76. The van der Waals surface area contributed by atoms with Crippen molar-refractivity contribution in [3.05, 3.63) is 0 Å². The Hall–Kier alpha value is -1.38. The molecule has 4 saturated heterocycles. The summed E-state index contributed by atoms with van der Waals surface area (Å²) in [6, 6.07) is 0. The Morgan fingerprint density at radius 1 is 1.19 bits per heavy atom. The van der Waals surface area contributed by atoms with Crippen molar-refractivity contribution in [3.63, 3.8) is 0 Å². The molecular weight excluding hydrogens is 348 g/mol. The van der Waals surface area contributed by atoms with Crippen LogP contribution in [0.4, 0.5) is 4.79 Å². The summed E-state index contributed by atoms with van der Waals surface area (Å²) in [5.41, 5.74) is -0.352. The molecule has 8 nitrogen and oxygen atoms in total. The van der Waals surface area contributed by atoms with Crippen molar-refractivity contribution in [2.45, 2.75) is 31.3 Å². The van der Waals surface area contributed by atoms with Gasteiger partial charge < -0.3 is 25.0 Å². The highest BCUT2D eigenvalue weighted by atomic mass is 16.6. The molecule has 4 rings (SSSR count). The monoisotopic (exact) mass is 380 g/mol. The number of amides is 2. The van der Waals surface area contributed by atoms with Crippen LogP contribution in [0.15, 0.2) is 0 Å². The molecular formula is C19H32N4O4. The van der Waals surface area contributed by atoms with Crippen LogP contribution in [-0.2, 0) is 14.3 Å². The van der Waals surface area contributed by atoms with E-state index in [4.69, 9.17) is 9.47 Å². The number of carbonyl (C=O) groups excluding carboxylic acids is 2. The SMILES string of the molecule is O=C1NCC2(CCNCC2C2CCN(C(=O)CCN3CCOCC3)CC2)O1. The lowest BCUT2D eigenvalue weighted by molar-refractivity contribution is -0.134. The minimum absolute atomic E-state index is 0.269. The van der Waals surface area contributed by atoms with Crippen LogP contribution in [0.25, 0.3) is 0 Å². The van der Waals surface area contributed by atoms with Gasteiger partial charge >= 0.3 is 6.09 Å². The average Bonchev–Trinajstić information content (AvgIpc) is 3.08. The zero-order chi connectivity index (χ0) is 18.7. The molecule has 2 amide bonds. The highest BCUT2D eigenvalue weighted by Crippen LogP contribution is 2.40. The molecule has 2 N–H and O–H groups in total. The van der Waals surface area contributed by atoms with Gasteiger partial charge in [-0.1, -0.05) is 0 Å². The fraction of sp³-hybridized carbons (Fsp3) is 0.895. The Balaban J connectivity index is 1.26. The number of nitrogens with zero attached hydrogens (tertiary/aromatic N) is 2. The van der Waals surface area contributed by atoms with Crippen molar-refractivity contribution >= 4 is 12.0 Å². The summed E-state index contributed by atoms with van der Waals surface area (Å²) in [7, 11) is 0. The number of likely N-dealkylation sites (tertiary alicyclic amines) is 1. The summed E-state index contributed by atoms with van der Waals surface area (Å²) in [6.45, 7) is 8.29. The minimum atomic E-state index is -0.352. The van der Waals surface area contributed by atoms with Gasteiger partial charge in [0.2, 0.25) is 5.91 Å². The first-order valence-electron chi connectivity index (χ1n) is 10.4. The highest BCUT2D eigenvalue weighted by Gasteiger charge is 2.51. The molecule has 4 aliphatic heterocycles. The molecule has 0 radical (unpaired) electrons. The van der Waals surface area contributed by atoms with Gasteiger partial charge in [-0.05, 0) is 25.3 Å². The Morgan fingerprint density at radius 2 is 1.96 bits per heavy atom. The molecule has 0 bridgehead atoms. The fourth-order valence-corrected chi connectivity index (χ4v) is 5.14. The molecule has 27 heavy (non-hydrogen) atoms. The summed E-state index contributed by atoms with van der Waals surface area (Å²) < 4.78 is 11.1. The molecule has 4 aliphatic rings. The molecule has 0 aromatic heterocycles. The van der Waals surface area contributed by atoms with E-state index in [0.29, 0.717) is 24.8 Å². The summed E-state index contributed by atoms with van der Waals surface area (Å²) >= 11 is 0. The van der Waals surface area contributed by atoms with E-state index in [9.17, 15) is 9.59 Å². The predicted molar refractivity (Wildman–Crippen MR) is 99.4 cm³/mol. The van der Waals surface area contributed by atoms with Gasteiger partial charge in [-0.3, -0.25) is 9.69 Å². The molecule has 1 spiro atoms. The van der Waals surface area contributed by atoms with Crippen LogP contribution >= 0.6 is 0 Å². The largest absolute Gasteiger partial charge is 0.441 e. The topological polar surface area (TPSA) is 83.1 Å². The number of alkyl carbamates (subject to hydrolysis) is 1. The number of hydrogen-bond acceptors (Lipinski definition) is 6. The second-order valence-corrected chi connectivity index (χ2v) is 8.29. The normalized spacial score (nSPS) is 33.1. The summed E-state index contributed by atoms with van der Waals surface area (Å²) in [4.78, 5) is 28.6. The van der Waals surface area contributed by atoms with Gasteiger partial charge in [0.1, 0.15) is 5.60 Å². The van der Waals surface area contributed by atoms with Crippen molar-refractivity contribution in [3.8, 4) is 0 Å². The van der Waals surface area contributed by atoms with E-state index in [1.54, 1.807) is 0 Å². The van der Waals surface area contributed by atoms with E-state index >= 15 is 0 Å². The Morgan fingerprint density at radius 3 is 2.67 bits per heavy atom. The van der Waals surface area contributed by atoms with Crippen LogP contribution in [0, 0.1) is 11.8 Å². The number of nitrogens with one attached hydrogen (secondary N) is 2. The van der Waals surface area contributed by atoms with Crippen molar-refractivity contribution in [2.75, 3.05) is 65.6 Å². The molecule has 2 atom stereocenters. The van der Waals surface area contributed by atoms with Crippen molar-refractivity contribution in [1.82, 2.24) is 20.4 Å². The summed E-state index contributed by atoms with van der Waals surface area (Å²) in [5, 5.41) is 6.33. The molecule has 0 aromatic rings. The summed E-state index contributed by atoms with van der Waals surface area (Å²) in [5.74, 6) is 1.09. The first kappa shape index (κ1) is 19.0. The number of hydrogen-bond donors (Lipinski definition) is 2. The third-order valence-electron chi connectivity index (χ3n) is 6.80. The zero-order valence-electron chi connectivity index (χ0n) is 16.1. The second kappa shape index (κ2) is 8.32. The van der Waals surface area contributed by atoms with Crippen LogP contribution < -0.4 is 10.6 Å². The standard InChI is InChI=1S/C19H32N4O4/c24-17(3-6-22-9-11-26-12-10-22)23-7-1-15(2-8-23)16-13-20-5-4-19(16)14-21-18(25)27-19/h15-16,20H,1-14H2,(H,21,25). The van der Waals surface area contributed by atoms with E-state index in [1.165, 1.54) is 0 Å².